The Morgan fingerprint density at radius 3 is 2.18 bits per heavy atom. The van der Waals surface area contributed by atoms with E-state index in [-0.39, 0.29) is 16.9 Å². The lowest BCUT2D eigenvalue weighted by Crippen LogP contribution is -2.36. The van der Waals surface area contributed by atoms with E-state index in [0.29, 0.717) is 5.92 Å². The van der Waals surface area contributed by atoms with Gasteiger partial charge in [-0.2, -0.15) is 0 Å². The van der Waals surface area contributed by atoms with E-state index in [1.807, 2.05) is 0 Å². The largest absolute Gasteiger partial charge is 0.358 e. The fraction of sp³-hybridized carbons (Fsp3) is 0.297. The first kappa shape index (κ1) is 25.5. The summed E-state index contributed by atoms with van der Waals surface area (Å²) in [6, 6.07) is 33.9. The van der Waals surface area contributed by atoms with Crippen LogP contribution in [0.25, 0.3) is 33.6 Å². The van der Waals surface area contributed by atoms with Crippen LogP contribution in [0.2, 0.25) is 0 Å². The van der Waals surface area contributed by atoms with Crippen LogP contribution in [0.1, 0.15) is 82.8 Å². The first-order valence-corrected chi connectivity index (χ1v) is 14.3. The van der Waals surface area contributed by atoms with E-state index in [2.05, 4.69) is 155 Å². The van der Waals surface area contributed by atoms with E-state index in [1.165, 1.54) is 56.0 Å². The predicted molar refractivity (Wildman–Crippen MR) is 165 cm³/mol. The molecule has 3 aromatic carbocycles. The maximum Gasteiger partial charge on any atom is 0.0684 e. The van der Waals surface area contributed by atoms with Crippen LogP contribution in [0, 0.1) is 0 Å². The second-order valence-electron chi connectivity index (χ2n) is 13.1. The van der Waals surface area contributed by atoms with Crippen LogP contribution >= 0.6 is 0 Å². The van der Waals surface area contributed by atoms with Crippen molar-refractivity contribution in [2.45, 2.75) is 71.3 Å². The van der Waals surface area contributed by atoms with Gasteiger partial charge in [0.25, 0.3) is 0 Å². The van der Waals surface area contributed by atoms with Crippen molar-refractivity contribution in [2.24, 2.45) is 0 Å². The summed E-state index contributed by atoms with van der Waals surface area (Å²) in [7, 11) is 0. The van der Waals surface area contributed by atoms with Gasteiger partial charge in [-0.1, -0.05) is 115 Å². The molecule has 0 bridgehead atoms. The molecule has 0 saturated carbocycles. The number of aromatic amines is 1. The molecule has 0 unspecified atom stereocenters. The van der Waals surface area contributed by atoms with E-state index in [1.54, 1.807) is 0 Å². The highest BCUT2D eigenvalue weighted by Gasteiger charge is 2.42. The molecular formula is C37H40N2. The summed E-state index contributed by atoms with van der Waals surface area (Å²) in [5, 5.41) is 0. The van der Waals surface area contributed by atoms with Crippen molar-refractivity contribution < 1.29 is 0 Å². The molecule has 1 aliphatic rings. The van der Waals surface area contributed by atoms with Gasteiger partial charge in [-0.15, -0.1) is 0 Å². The molecule has 198 valence electrons. The van der Waals surface area contributed by atoms with Gasteiger partial charge in [0.1, 0.15) is 0 Å². The van der Waals surface area contributed by atoms with E-state index in [9.17, 15) is 0 Å². The van der Waals surface area contributed by atoms with Gasteiger partial charge < -0.3 is 9.55 Å². The monoisotopic (exact) mass is 512 g/mol. The number of hydrogen-bond donors (Lipinski definition) is 1. The molecule has 3 heterocycles. The maximum atomic E-state index is 3.72. The van der Waals surface area contributed by atoms with E-state index in [4.69, 9.17) is 0 Å². The lowest BCUT2D eigenvalue weighted by Gasteiger charge is -2.43. The standard InChI is InChI=1S/C37H40N2/c1-24(2)32-19-20-33(38-32)28-15-11-12-16-29(28)35-37(6,7)31-18-17-26(25-13-9-8-10-14-25)21-30(31)34-22-27(23-39(34)35)36(3,4)5/h8-24,35,38H,1-7H3/t35-/m1/s1. The first-order valence-electron chi connectivity index (χ1n) is 14.3. The SMILES string of the molecule is CC(C)c1ccc(-c2ccccc2[C@H]2n3cc(C(C)(C)C)cc3-c3cc(-c4ccccc4)ccc3C2(C)C)[nH]1. The topological polar surface area (TPSA) is 20.7 Å². The minimum absolute atomic E-state index is 0.0569. The summed E-state index contributed by atoms with van der Waals surface area (Å²) in [5.74, 6) is 0.466. The van der Waals surface area contributed by atoms with Gasteiger partial charge in [-0.3, -0.25) is 0 Å². The molecule has 5 aromatic rings. The van der Waals surface area contributed by atoms with Crippen molar-refractivity contribution >= 4 is 0 Å². The average molecular weight is 513 g/mol. The van der Waals surface area contributed by atoms with Crippen LogP contribution in [0.3, 0.4) is 0 Å². The second kappa shape index (κ2) is 9.16. The molecule has 0 fully saturated rings. The Kier molecular flexibility index (Phi) is 5.99. The normalized spacial score (nSPS) is 16.3. The fourth-order valence-corrected chi connectivity index (χ4v) is 6.37. The molecule has 1 atom stereocenters. The number of hydrogen-bond acceptors (Lipinski definition) is 0. The molecule has 2 nitrogen and oxygen atoms in total. The minimum atomic E-state index is -0.130. The number of rotatable bonds is 4. The Balaban J connectivity index is 1.59. The summed E-state index contributed by atoms with van der Waals surface area (Å²) in [5.41, 5.74) is 13.0. The maximum absolute atomic E-state index is 3.72. The second-order valence-corrected chi connectivity index (χ2v) is 13.1. The molecule has 6 rings (SSSR count). The van der Waals surface area contributed by atoms with Gasteiger partial charge in [-0.25, -0.2) is 0 Å². The Morgan fingerprint density at radius 1 is 0.769 bits per heavy atom. The van der Waals surface area contributed by atoms with Crippen LogP contribution in [0.15, 0.2) is 97.2 Å². The molecule has 2 heteroatoms. The number of H-pyrrole nitrogens is 1. The zero-order chi connectivity index (χ0) is 27.5. The fourth-order valence-electron chi connectivity index (χ4n) is 6.37. The Labute approximate surface area is 233 Å². The van der Waals surface area contributed by atoms with Gasteiger partial charge in [-0.05, 0) is 63.4 Å². The Morgan fingerprint density at radius 2 is 1.49 bits per heavy atom. The van der Waals surface area contributed by atoms with Crippen LogP contribution in [0.4, 0.5) is 0 Å². The molecule has 1 N–H and O–H groups in total. The quantitative estimate of drug-likeness (QED) is 0.247. The number of aromatic nitrogens is 2. The van der Waals surface area contributed by atoms with Crippen molar-refractivity contribution in [2.75, 3.05) is 0 Å². The van der Waals surface area contributed by atoms with Crippen LogP contribution in [-0.4, -0.2) is 9.55 Å². The van der Waals surface area contributed by atoms with Crippen molar-refractivity contribution in [1.82, 2.24) is 9.55 Å². The highest BCUT2D eigenvalue weighted by molar-refractivity contribution is 5.78. The zero-order valence-electron chi connectivity index (χ0n) is 24.3. The lowest BCUT2D eigenvalue weighted by atomic mass is 9.69. The van der Waals surface area contributed by atoms with Crippen molar-refractivity contribution in [1.29, 1.82) is 0 Å². The van der Waals surface area contributed by atoms with E-state index in [0.717, 1.165) is 0 Å². The van der Waals surface area contributed by atoms with Crippen LogP contribution < -0.4 is 0 Å². The third kappa shape index (κ3) is 4.27. The Hall–Kier alpha value is -3.78. The molecular weight excluding hydrogens is 472 g/mol. The van der Waals surface area contributed by atoms with Crippen molar-refractivity contribution in [3.63, 3.8) is 0 Å². The first-order chi connectivity index (χ1) is 18.6. The summed E-state index contributed by atoms with van der Waals surface area (Å²) in [4.78, 5) is 3.72. The molecule has 0 radical (unpaired) electrons. The third-order valence-electron chi connectivity index (χ3n) is 8.65. The molecule has 2 aromatic heterocycles. The number of benzene rings is 3. The van der Waals surface area contributed by atoms with Crippen molar-refractivity contribution in [3.8, 4) is 33.6 Å². The number of fused-ring (bicyclic) bond motifs is 3. The van der Waals surface area contributed by atoms with Crippen molar-refractivity contribution in [3.05, 3.63) is 120 Å². The van der Waals surface area contributed by atoms with Gasteiger partial charge in [0.2, 0.25) is 0 Å². The zero-order valence-corrected chi connectivity index (χ0v) is 24.3. The van der Waals surface area contributed by atoms with Crippen LogP contribution in [0.5, 0.6) is 0 Å². The molecule has 0 amide bonds. The highest BCUT2D eigenvalue weighted by atomic mass is 15.0. The lowest BCUT2D eigenvalue weighted by molar-refractivity contribution is 0.357. The van der Waals surface area contributed by atoms with E-state index < -0.39 is 0 Å². The van der Waals surface area contributed by atoms with E-state index >= 15 is 0 Å². The Bertz CT molecular complexity index is 1640. The highest BCUT2D eigenvalue weighted by Crippen LogP contribution is 2.52. The minimum Gasteiger partial charge on any atom is -0.358 e. The number of nitrogens with one attached hydrogen (secondary N) is 1. The molecule has 0 aliphatic carbocycles. The van der Waals surface area contributed by atoms with Crippen LogP contribution in [-0.2, 0) is 10.8 Å². The molecule has 0 spiro atoms. The smallest absolute Gasteiger partial charge is 0.0684 e. The predicted octanol–water partition coefficient (Wildman–Crippen LogP) is 10.1. The summed E-state index contributed by atoms with van der Waals surface area (Å²) < 4.78 is 2.57. The van der Waals surface area contributed by atoms with Gasteiger partial charge in [0.05, 0.1) is 6.04 Å². The third-order valence-corrected chi connectivity index (χ3v) is 8.65. The summed E-state index contributed by atoms with van der Waals surface area (Å²) in [6.07, 6.45) is 2.42. The number of nitrogens with zero attached hydrogens (tertiary/aromatic N) is 1. The summed E-state index contributed by atoms with van der Waals surface area (Å²) in [6.45, 7) is 16.3. The molecule has 39 heavy (non-hydrogen) atoms. The molecule has 0 saturated heterocycles. The van der Waals surface area contributed by atoms with Gasteiger partial charge >= 0.3 is 0 Å². The average Bonchev–Trinajstić information content (AvgIpc) is 3.58. The summed E-state index contributed by atoms with van der Waals surface area (Å²) >= 11 is 0. The molecule has 1 aliphatic heterocycles. The van der Waals surface area contributed by atoms with Gasteiger partial charge in [0, 0.05) is 39.8 Å². The van der Waals surface area contributed by atoms with Gasteiger partial charge in [0.15, 0.2) is 0 Å².